The van der Waals surface area contributed by atoms with Gasteiger partial charge in [-0.25, -0.2) is 8.42 Å². The molecule has 0 aromatic carbocycles. The molecule has 0 aliphatic heterocycles. The highest BCUT2D eigenvalue weighted by atomic mass is 79.9. The summed E-state index contributed by atoms with van der Waals surface area (Å²) in [6, 6.07) is 7.22. The number of aryl methyl sites for hydroxylation is 1. The fraction of sp³-hybridized carbons (Fsp3) is 0.333. The Labute approximate surface area is 130 Å². The van der Waals surface area contributed by atoms with Crippen LogP contribution in [0.2, 0.25) is 0 Å². The summed E-state index contributed by atoms with van der Waals surface area (Å²) in [7, 11) is -1.80. The van der Waals surface area contributed by atoms with E-state index in [0.717, 1.165) is 8.66 Å². The molecule has 0 fully saturated rings. The number of rotatable bonds is 4. The molecule has 2 rings (SSSR count). The van der Waals surface area contributed by atoms with Gasteiger partial charge in [0.25, 0.3) is 10.0 Å². The van der Waals surface area contributed by atoms with E-state index in [4.69, 9.17) is 0 Å². The Morgan fingerprint density at radius 1 is 1.21 bits per heavy atom. The SMILES string of the molecule is Cc1ccc(C(C)N(C)S(=O)(=O)c2ccc(Br)s2)s1. The molecule has 7 heteroatoms. The summed E-state index contributed by atoms with van der Waals surface area (Å²) in [5, 5.41) is 0. The Morgan fingerprint density at radius 3 is 2.37 bits per heavy atom. The first-order valence-corrected chi connectivity index (χ1v) is 9.48. The number of nitrogens with zero attached hydrogens (tertiary/aromatic N) is 1. The summed E-state index contributed by atoms with van der Waals surface area (Å²) in [4.78, 5) is 2.24. The molecule has 0 saturated heterocycles. The fourth-order valence-corrected chi connectivity index (χ4v) is 6.22. The van der Waals surface area contributed by atoms with Crippen LogP contribution in [0.5, 0.6) is 0 Å². The molecule has 1 unspecified atom stereocenters. The van der Waals surface area contributed by atoms with Crippen LogP contribution in [0.4, 0.5) is 0 Å². The molecule has 0 N–H and O–H groups in total. The molecular formula is C12H14BrNO2S3. The molecule has 19 heavy (non-hydrogen) atoms. The standard InChI is InChI=1S/C12H14BrNO2S3/c1-8-4-5-10(17-8)9(2)14(3)19(15,16)12-7-6-11(13)18-12/h4-7,9H,1-3H3. The molecule has 0 aliphatic rings. The summed E-state index contributed by atoms with van der Waals surface area (Å²) < 4.78 is 27.6. The first-order valence-electron chi connectivity index (χ1n) is 5.62. The molecular weight excluding hydrogens is 366 g/mol. The van der Waals surface area contributed by atoms with Crippen LogP contribution in [0.3, 0.4) is 0 Å². The van der Waals surface area contributed by atoms with Crippen molar-refractivity contribution in [2.45, 2.75) is 24.1 Å². The lowest BCUT2D eigenvalue weighted by Gasteiger charge is -2.22. The molecule has 1 atom stereocenters. The highest BCUT2D eigenvalue weighted by molar-refractivity contribution is 9.11. The van der Waals surface area contributed by atoms with Gasteiger partial charge in [-0.15, -0.1) is 22.7 Å². The van der Waals surface area contributed by atoms with E-state index in [1.807, 2.05) is 26.0 Å². The van der Waals surface area contributed by atoms with Gasteiger partial charge in [0.1, 0.15) is 4.21 Å². The maximum atomic E-state index is 12.5. The molecule has 0 aliphatic carbocycles. The number of sulfonamides is 1. The minimum atomic E-state index is -3.43. The van der Waals surface area contributed by atoms with Crippen molar-refractivity contribution in [3.8, 4) is 0 Å². The Balaban J connectivity index is 2.30. The number of thiophene rings is 2. The van der Waals surface area contributed by atoms with Gasteiger partial charge in [0, 0.05) is 16.8 Å². The van der Waals surface area contributed by atoms with Crippen molar-refractivity contribution in [2.75, 3.05) is 7.05 Å². The first-order chi connectivity index (χ1) is 8.82. The van der Waals surface area contributed by atoms with Crippen LogP contribution in [-0.2, 0) is 10.0 Å². The summed E-state index contributed by atoms with van der Waals surface area (Å²) in [6.07, 6.45) is 0. The van der Waals surface area contributed by atoms with Crippen LogP contribution in [0, 0.1) is 6.92 Å². The van der Waals surface area contributed by atoms with Crippen molar-refractivity contribution in [1.82, 2.24) is 4.31 Å². The smallest absolute Gasteiger partial charge is 0.206 e. The third kappa shape index (κ3) is 3.11. The maximum Gasteiger partial charge on any atom is 0.252 e. The Morgan fingerprint density at radius 2 is 1.89 bits per heavy atom. The minimum Gasteiger partial charge on any atom is -0.206 e. The molecule has 2 aromatic heterocycles. The molecule has 0 bridgehead atoms. The van der Waals surface area contributed by atoms with Crippen molar-refractivity contribution in [1.29, 1.82) is 0 Å². The van der Waals surface area contributed by atoms with E-state index in [0.29, 0.717) is 4.21 Å². The van der Waals surface area contributed by atoms with E-state index in [1.165, 1.54) is 20.5 Å². The van der Waals surface area contributed by atoms with Crippen molar-refractivity contribution in [3.05, 3.63) is 37.8 Å². The number of halogens is 1. The van der Waals surface area contributed by atoms with Crippen molar-refractivity contribution >= 4 is 48.6 Å². The second-order valence-corrected chi connectivity index (χ2v) is 10.2. The maximum absolute atomic E-state index is 12.5. The van der Waals surface area contributed by atoms with Gasteiger partial charge >= 0.3 is 0 Å². The van der Waals surface area contributed by atoms with Gasteiger partial charge in [-0.2, -0.15) is 4.31 Å². The van der Waals surface area contributed by atoms with Gasteiger partial charge in [-0.3, -0.25) is 0 Å². The zero-order valence-corrected chi connectivity index (χ0v) is 14.8. The van der Waals surface area contributed by atoms with Gasteiger partial charge in [0.05, 0.1) is 9.83 Å². The third-order valence-corrected chi connectivity index (χ3v) is 8.09. The average molecular weight is 380 g/mol. The van der Waals surface area contributed by atoms with E-state index in [1.54, 1.807) is 30.5 Å². The quantitative estimate of drug-likeness (QED) is 0.795. The zero-order valence-electron chi connectivity index (χ0n) is 10.8. The predicted molar refractivity (Wildman–Crippen MR) is 84.4 cm³/mol. The Hall–Kier alpha value is -0.210. The predicted octanol–water partition coefficient (Wildman–Crippen LogP) is 4.26. The summed E-state index contributed by atoms with van der Waals surface area (Å²) in [5.74, 6) is 0. The second-order valence-electron chi connectivity index (χ2n) is 4.20. The number of hydrogen-bond donors (Lipinski definition) is 0. The van der Waals surface area contributed by atoms with Crippen LogP contribution in [0.25, 0.3) is 0 Å². The average Bonchev–Trinajstić information content (AvgIpc) is 2.96. The lowest BCUT2D eigenvalue weighted by molar-refractivity contribution is 0.404. The normalized spacial score (nSPS) is 13.9. The van der Waals surface area contributed by atoms with Crippen LogP contribution in [-0.4, -0.2) is 19.8 Å². The lowest BCUT2D eigenvalue weighted by Crippen LogP contribution is -2.28. The zero-order chi connectivity index (χ0) is 14.2. The molecule has 0 radical (unpaired) electrons. The summed E-state index contributed by atoms with van der Waals surface area (Å²) in [5.41, 5.74) is 0. The molecule has 0 amide bonds. The van der Waals surface area contributed by atoms with Crippen LogP contribution >= 0.6 is 38.6 Å². The van der Waals surface area contributed by atoms with E-state index < -0.39 is 10.0 Å². The largest absolute Gasteiger partial charge is 0.252 e. The molecule has 2 aromatic rings. The monoisotopic (exact) mass is 379 g/mol. The molecule has 104 valence electrons. The topological polar surface area (TPSA) is 37.4 Å². The van der Waals surface area contributed by atoms with Gasteiger partial charge in [0.2, 0.25) is 0 Å². The second kappa shape index (κ2) is 5.65. The van der Waals surface area contributed by atoms with Crippen molar-refractivity contribution in [3.63, 3.8) is 0 Å². The lowest BCUT2D eigenvalue weighted by atomic mass is 10.3. The Bertz CT molecular complexity index is 675. The molecule has 3 nitrogen and oxygen atoms in total. The van der Waals surface area contributed by atoms with Crippen LogP contribution < -0.4 is 0 Å². The van der Waals surface area contributed by atoms with Gasteiger partial charge in [-0.05, 0) is 54.0 Å². The van der Waals surface area contributed by atoms with Gasteiger partial charge < -0.3 is 0 Å². The number of hydrogen-bond acceptors (Lipinski definition) is 4. The van der Waals surface area contributed by atoms with E-state index in [9.17, 15) is 8.42 Å². The van der Waals surface area contributed by atoms with Crippen LogP contribution in [0.15, 0.2) is 32.3 Å². The van der Waals surface area contributed by atoms with E-state index in [2.05, 4.69) is 15.9 Å². The summed E-state index contributed by atoms with van der Waals surface area (Å²) in [6.45, 7) is 3.93. The molecule has 2 heterocycles. The highest BCUT2D eigenvalue weighted by Crippen LogP contribution is 2.33. The van der Waals surface area contributed by atoms with Gasteiger partial charge in [-0.1, -0.05) is 0 Å². The third-order valence-electron chi connectivity index (χ3n) is 2.90. The highest BCUT2D eigenvalue weighted by Gasteiger charge is 2.28. The van der Waals surface area contributed by atoms with Crippen molar-refractivity contribution in [2.24, 2.45) is 0 Å². The van der Waals surface area contributed by atoms with Crippen molar-refractivity contribution < 1.29 is 8.42 Å². The van der Waals surface area contributed by atoms with E-state index in [-0.39, 0.29) is 6.04 Å². The van der Waals surface area contributed by atoms with Crippen LogP contribution in [0.1, 0.15) is 22.7 Å². The minimum absolute atomic E-state index is 0.162. The summed E-state index contributed by atoms with van der Waals surface area (Å²) >= 11 is 6.16. The first kappa shape index (κ1) is 15.2. The Kier molecular flexibility index (Phi) is 4.52. The molecule has 0 spiro atoms. The van der Waals surface area contributed by atoms with Gasteiger partial charge in [0.15, 0.2) is 0 Å². The van der Waals surface area contributed by atoms with E-state index >= 15 is 0 Å². The molecule has 0 saturated carbocycles. The fourth-order valence-electron chi connectivity index (χ4n) is 1.64.